The van der Waals surface area contributed by atoms with Crippen LogP contribution in [0.25, 0.3) is 0 Å². The van der Waals surface area contributed by atoms with Crippen molar-refractivity contribution in [3.8, 4) is 0 Å². The quantitative estimate of drug-likeness (QED) is 0.835. The largest absolute Gasteiger partial charge is 0.341 e. The molecule has 0 aliphatic carbocycles. The molecule has 0 aromatic heterocycles. The van der Waals surface area contributed by atoms with E-state index >= 15 is 0 Å². The molecular formula is C14H20N2O. The summed E-state index contributed by atoms with van der Waals surface area (Å²) in [5, 5.41) is 3.31. The summed E-state index contributed by atoms with van der Waals surface area (Å²) in [5.41, 5.74) is 2.35. The van der Waals surface area contributed by atoms with Crippen LogP contribution in [-0.2, 0) is 11.2 Å². The molecule has 3 heteroatoms. The van der Waals surface area contributed by atoms with Crippen LogP contribution in [0, 0.1) is 6.92 Å². The fourth-order valence-electron chi connectivity index (χ4n) is 2.09. The summed E-state index contributed by atoms with van der Waals surface area (Å²) in [5.74, 6) is 0.248. The second kappa shape index (κ2) is 5.82. The van der Waals surface area contributed by atoms with Gasteiger partial charge in [-0.3, -0.25) is 4.79 Å². The van der Waals surface area contributed by atoms with Crippen LogP contribution in [0.4, 0.5) is 0 Å². The molecule has 1 N–H and O–H groups in total. The van der Waals surface area contributed by atoms with E-state index in [4.69, 9.17) is 0 Å². The van der Waals surface area contributed by atoms with Crippen LogP contribution < -0.4 is 5.32 Å². The molecular weight excluding hydrogens is 212 g/mol. The number of hydrogen-bond donors (Lipinski definition) is 1. The molecule has 1 saturated heterocycles. The molecule has 0 bridgehead atoms. The highest BCUT2D eigenvalue weighted by atomic mass is 16.2. The summed E-state index contributed by atoms with van der Waals surface area (Å²) in [6, 6.07) is 8.21. The van der Waals surface area contributed by atoms with Crippen LogP contribution in [0.15, 0.2) is 24.3 Å². The lowest BCUT2D eigenvalue weighted by Crippen LogP contribution is -2.35. The molecule has 1 aromatic carbocycles. The molecule has 1 heterocycles. The van der Waals surface area contributed by atoms with Crippen molar-refractivity contribution in [3.63, 3.8) is 0 Å². The van der Waals surface area contributed by atoms with E-state index in [-0.39, 0.29) is 5.91 Å². The normalized spacial score (nSPS) is 16.6. The van der Waals surface area contributed by atoms with Crippen molar-refractivity contribution in [2.75, 3.05) is 26.2 Å². The number of benzene rings is 1. The van der Waals surface area contributed by atoms with Gasteiger partial charge >= 0.3 is 0 Å². The second-order valence-corrected chi connectivity index (χ2v) is 4.65. The van der Waals surface area contributed by atoms with Gasteiger partial charge in [-0.1, -0.05) is 29.8 Å². The molecule has 92 valence electrons. The Labute approximate surface area is 103 Å². The van der Waals surface area contributed by atoms with Gasteiger partial charge in [0.2, 0.25) is 5.91 Å². The van der Waals surface area contributed by atoms with Crippen molar-refractivity contribution in [1.82, 2.24) is 10.2 Å². The molecule has 1 amide bonds. The summed E-state index contributed by atoms with van der Waals surface area (Å²) in [6.07, 6.45) is 1.58. The summed E-state index contributed by atoms with van der Waals surface area (Å²) in [7, 11) is 0. The van der Waals surface area contributed by atoms with Gasteiger partial charge in [-0.25, -0.2) is 0 Å². The Balaban J connectivity index is 1.93. The molecule has 0 saturated carbocycles. The van der Waals surface area contributed by atoms with Crippen molar-refractivity contribution in [3.05, 3.63) is 35.4 Å². The number of carbonyl (C=O) groups is 1. The maximum absolute atomic E-state index is 12.1. The monoisotopic (exact) mass is 232 g/mol. The van der Waals surface area contributed by atoms with E-state index in [0.29, 0.717) is 6.42 Å². The molecule has 2 rings (SSSR count). The third-order valence-corrected chi connectivity index (χ3v) is 3.17. The van der Waals surface area contributed by atoms with Crippen molar-refractivity contribution in [2.45, 2.75) is 19.8 Å². The first-order chi connectivity index (χ1) is 8.25. The molecule has 3 nitrogen and oxygen atoms in total. The zero-order chi connectivity index (χ0) is 12.1. The van der Waals surface area contributed by atoms with E-state index in [2.05, 4.69) is 24.4 Å². The first-order valence-corrected chi connectivity index (χ1v) is 6.30. The van der Waals surface area contributed by atoms with Crippen LogP contribution in [0.2, 0.25) is 0 Å². The van der Waals surface area contributed by atoms with Gasteiger partial charge in [-0.2, -0.15) is 0 Å². The Bertz CT molecular complexity index is 364. The second-order valence-electron chi connectivity index (χ2n) is 4.65. The number of nitrogens with zero attached hydrogens (tertiary/aromatic N) is 1. The first kappa shape index (κ1) is 12.1. The van der Waals surface area contributed by atoms with E-state index in [1.807, 2.05) is 17.0 Å². The lowest BCUT2D eigenvalue weighted by molar-refractivity contribution is -0.130. The smallest absolute Gasteiger partial charge is 0.227 e. The SMILES string of the molecule is Cc1ccc(CC(=O)N2CCCNCC2)cc1. The Morgan fingerprint density at radius 2 is 2.00 bits per heavy atom. The fraction of sp³-hybridized carbons (Fsp3) is 0.500. The van der Waals surface area contributed by atoms with Gasteiger partial charge in [-0.05, 0) is 25.5 Å². The molecule has 0 atom stereocenters. The van der Waals surface area contributed by atoms with Gasteiger partial charge in [0, 0.05) is 19.6 Å². The highest BCUT2D eigenvalue weighted by Crippen LogP contribution is 2.06. The van der Waals surface area contributed by atoms with Crippen molar-refractivity contribution in [1.29, 1.82) is 0 Å². The molecule has 0 radical (unpaired) electrons. The third kappa shape index (κ3) is 3.56. The number of nitrogens with one attached hydrogen (secondary N) is 1. The van der Waals surface area contributed by atoms with E-state index in [1.165, 1.54) is 5.56 Å². The predicted octanol–water partition coefficient (Wildman–Crippen LogP) is 1.36. The van der Waals surface area contributed by atoms with E-state index in [9.17, 15) is 4.79 Å². The minimum absolute atomic E-state index is 0.248. The minimum Gasteiger partial charge on any atom is -0.341 e. The number of hydrogen-bond acceptors (Lipinski definition) is 2. The summed E-state index contributed by atoms with van der Waals surface area (Å²) in [6.45, 7) is 5.72. The highest BCUT2D eigenvalue weighted by molar-refractivity contribution is 5.78. The van der Waals surface area contributed by atoms with Crippen LogP contribution in [0.1, 0.15) is 17.5 Å². The molecule has 1 aliphatic heterocycles. The average molecular weight is 232 g/mol. The van der Waals surface area contributed by atoms with Gasteiger partial charge in [0.15, 0.2) is 0 Å². The Kier molecular flexibility index (Phi) is 4.15. The molecule has 0 unspecified atom stereocenters. The van der Waals surface area contributed by atoms with Crippen LogP contribution in [0.3, 0.4) is 0 Å². The number of aryl methyl sites for hydroxylation is 1. The van der Waals surface area contributed by atoms with Crippen LogP contribution in [0.5, 0.6) is 0 Å². The molecule has 0 spiro atoms. The summed E-state index contributed by atoms with van der Waals surface area (Å²) in [4.78, 5) is 14.1. The Hall–Kier alpha value is -1.35. The lowest BCUT2D eigenvalue weighted by Gasteiger charge is -2.19. The number of rotatable bonds is 2. The van der Waals surface area contributed by atoms with Gasteiger partial charge in [0.1, 0.15) is 0 Å². The minimum atomic E-state index is 0.248. The van der Waals surface area contributed by atoms with Crippen LogP contribution >= 0.6 is 0 Å². The summed E-state index contributed by atoms with van der Waals surface area (Å²) < 4.78 is 0. The number of carbonyl (C=O) groups excluding carboxylic acids is 1. The summed E-state index contributed by atoms with van der Waals surface area (Å²) >= 11 is 0. The zero-order valence-electron chi connectivity index (χ0n) is 10.4. The van der Waals surface area contributed by atoms with Crippen molar-refractivity contribution >= 4 is 5.91 Å². The predicted molar refractivity (Wildman–Crippen MR) is 68.9 cm³/mol. The first-order valence-electron chi connectivity index (χ1n) is 6.30. The molecule has 1 aliphatic rings. The van der Waals surface area contributed by atoms with E-state index < -0.39 is 0 Å². The standard InChI is InChI=1S/C14H20N2O/c1-12-3-5-13(6-4-12)11-14(17)16-9-2-7-15-8-10-16/h3-6,15H,2,7-11H2,1H3. The average Bonchev–Trinajstić information content (AvgIpc) is 2.61. The lowest BCUT2D eigenvalue weighted by atomic mass is 10.1. The van der Waals surface area contributed by atoms with Crippen LogP contribution in [-0.4, -0.2) is 37.0 Å². The van der Waals surface area contributed by atoms with E-state index in [1.54, 1.807) is 0 Å². The topological polar surface area (TPSA) is 32.3 Å². The maximum Gasteiger partial charge on any atom is 0.227 e. The Morgan fingerprint density at radius 1 is 1.24 bits per heavy atom. The van der Waals surface area contributed by atoms with Crippen molar-refractivity contribution < 1.29 is 4.79 Å². The number of amides is 1. The Morgan fingerprint density at radius 3 is 2.76 bits per heavy atom. The van der Waals surface area contributed by atoms with Gasteiger partial charge in [0.25, 0.3) is 0 Å². The highest BCUT2D eigenvalue weighted by Gasteiger charge is 2.15. The fourth-order valence-corrected chi connectivity index (χ4v) is 2.09. The zero-order valence-corrected chi connectivity index (χ0v) is 10.4. The van der Waals surface area contributed by atoms with Gasteiger partial charge < -0.3 is 10.2 Å². The molecule has 17 heavy (non-hydrogen) atoms. The maximum atomic E-state index is 12.1. The third-order valence-electron chi connectivity index (χ3n) is 3.17. The van der Waals surface area contributed by atoms with E-state index in [0.717, 1.165) is 38.2 Å². The molecule has 1 aromatic rings. The van der Waals surface area contributed by atoms with Gasteiger partial charge in [0.05, 0.1) is 6.42 Å². The van der Waals surface area contributed by atoms with Gasteiger partial charge in [-0.15, -0.1) is 0 Å². The molecule has 1 fully saturated rings. The van der Waals surface area contributed by atoms with Crippen molar-refractivity contribution in [2.24, 2.45) is 0 Å².